The Bertz CT molecular complexity index is 938. The third-order valence-electron chi connectivity index (χ3n) is 4.91. The van der Waals surface area contributed by atoms with E-state index in [0.717, 1.165) is 42.3 Å². The summed E-state index contributed by atoms with van der Waals surface area (Å²) >= 11 is 1.57. The van der Waals surface area contributed by atoms with Crippen molar-refractivity contribution < 1.29 is 9.32 Å². The summed E-state index contributed by atoms with van der Waals surface area (Å²) in [6.07, 6.45) is 0. The Morgan fingerprint density at radius 1 is 1.23 bits per heavy atom. The fourth-order valence-electron chi connectivity index (χ4n) is 3.35. The van der Waals surface area contributed by atoms with E-state index in [2.05, 4.69) is 28.9 Å². The Morgan fingerprint density at radius 2 is 2.00 bits per heavy atom. The van der Waals surface area contributed by atoms with Gasteiger partial charge in [0.25, 0.3) is 5.91 Å². The molecular weight excluding hydrogens is 348 g/mol. The van der Waals surface area contributed by atoms with Gasteiger partial charge in [0.2, 0.25) is 0 Å². The fraction of sp³-hybridized carbons (Fsp3) is 0.421. The summed E-state index contributed by atoms with van der Waals surface area (Å²) in [6, 6.07) is 6.04. The number of piperazine rings is 1. The van der Waals surface area contributed by atoms with Crippen molar-refractivity contribution in [3.8, 4) is 11.4 Å². The van der Waals surface area contributed by atoms with Crippen molar-refractivity contribution >= 4 is 28.2 Å². The quantitative estimate of drug-likeness (QED) is 0.707. The molecule has 0 saturated carbocycles. The average molecular weight is 370 g/mol. The number of amides is 1. The van der Waals surface area contributed by atoms with Gasteiger partial charge in [0.1, 0.15) is 11.4 Å². The molecule has 1 aliphatic heterocycles. The van der Waals surface area contributed by atoms with Crippen LogP contribution in [0.2, 0.25) is 0 Å². The third kappa shape index (κ3) is 3.12. The Labute approximate surface area is 156 Å². The van der Waals surface area contributed by atoms with Gasteiger partial charge in [-0.2, -0.15) is 0 Å². The number of carbonyl (C=O) groups excluding carboxylic acids is 1. The zero-order valence-electron chi connectivity index (χ0n) is 15.2. The van der Waals surface area contributed by atoms with E-state index in [1.54, 1.807) is 11.3 Å². The van der Waals surface area contributed by atoms with Gasteiger partial charge in [-0.3, -0.25) is 9.69 Å². The molecule has 1 fully saturated rings. The van der Waals surface area contributed by atoms with E-state index in [1.165, 1.54) is 0 Å². The molecule has 0 N–H and O–H groups in total. The summed E-state index contributed by atoms with van der Waals surface area (Å²) in [6.45, 7) is 9.71. The van der Waals surface area contributed by atoms with Gasteiger partial charge in [0.15, 0.2) is 5.58 Å². The zero-order valence-corrected chi connectivity index (χ0v) is 16.0. The normalized spacial score (nSPS) is 15.9. The summed E-state index contributed by atoms with van der Waals surface area (Å²) in [5.74, 6) is 0.0666. The van der Waals surface area contributed by atoms with E-state index >= 15 is 0 Å². The van der Waals surface area contributed by atoms with Crippen LogP contribution in [-0.2, 0) is 0 Å². The molecule has 2 aromatic heterocycles. The van der Waals surface area contributed by atoms with E-state index in [9.17, 15) is 4.79 Å². The minimum Gasteiger partial charge on any atom is -0.356 e. The van der Waals surface area contributed by atoms with E-state index in [0.29, 0.717) is 22.9 Å². The average Bonchev–Trinajstić information content (AvgIpc) is 3.26. The second kappa shape index (κ2) is 6.81. The lowest BCUT2D eigenvalue weighted by atomic mass is 10.1. The lowest BCUT2D eigenvalue weighted by Gasteiger charge is -2.36. The predicted octanol–water partition coefficient (Wildman–Crippen LogP) is 3.43. The molecular formula is C19H22N4O2S. The van der Waals surface area contributed by atoms with Gasteiger partial charge in [-0.15, -0.1) is 11.3 Å². The Balaban J connectivity index is 1.60. The first-order valence-corrected chi connectivity index (χ1v) is 9.76. The molecule has 0 unspecified atom stereocenters. The molecule has 1 amide bonds. The number of thiazole rings is 1. The number of carbonyl (C=O) groups is 1. The van der Waals surface area contributed by atoms with Crippen LogP contribution in [0.5, 0.6) is 0 Å². The molecule has 0 bridgehead atoms. The van der Waals surface area contributed by atoms with E-state index in [4.69, 9.17) is 4.52 Å². The maximum atomic E-state index is 12.9. The van der Waals surface area contributed by atoms with E-state index in [1.807, 2.05) is 35.4 Å². The van der Waals surface area contributed by atoms with Gasteiger partial charge in [-0.1, -0.05) is 5.16 Å². The largest absolute Gasteiger partial charge is 0.356 e. The van der Waals surface area contributed by atoms with E-state index in [-0.39, 0.29) is 5.91 Å². The second-order valence-corrected chi connectivity index (χ2v) is 7.98. The topological polar surface area (TPSA) is 62.5 Å². The number of hydrogen-bond donors (Lipinski definition) is 0. The Kier molecular flexibility index (Phi) is 4.50. The van der Waals surface area contributed by atoms with Gasteiger partial charge in [0.05, 0.1) is 10.4 Å². The number of aromatic nitrogens is 2. The molecule has 7 heteroatoms. The lowest BCUT2D eigenvalue weighted by molar-refractivity contribution is 0.0595. The molecule has 3 aromatic rings. The first kappa shape index (κ1) is 17.2. The maximum Gasteiger partial charge on any atom is 0.253 e. The van der Waals surface area contributed by atoms with Crippen LogP contribution in [0.3, 0.4) is 0 Å². The first-order valence-electron chi connectivity index (χ1n) is 8.88. The van der Waals surface area contributed by atoms with Crippen molar-refractivity contribution in [2.45, 2.75) is 26.8 Å². The molecule has 0 atom stereocenters. The summed E-state index contributed by atoms with van der Waals surface area (Å²) in [5.41, 5.74) is 2.84. The highest BCUT2D eigenvalue weighted by Crippen LogP contribution is 2.29. The molecule has 0 aliphatic carbocycles. The van der Waals surface area contributed by atoms with Crippen LogP contribution in [0.4, 0.5) is 0 Å². The highest BCUT2D eigenvalue weighted by molar-refractivity contribution is 7.09. The highest BCUT2D eigenvalue weighted by atomic mass is 32.1. The molecule has 3 heterocycles. The highest BCUT2D eigenvalue weighted by Gasteiger charge is 2.24. The number of nitrogens with zero attached hydrogens (tertiary/aromatic N) is 4. The van der Waals surface area contributed by atoms with Crippen LogP contribution in [0, 0.1) is 6.92 Å². The van der Waals surface area contributed by atoms with Crippen molar-refractivity contribution in [2.75, 3.05) is 26.2 Å². The SMILES string of the molecule is Cc1nc(-c2noc3ccc(C(=O)N4CCN(C(C)C)CC4)cc23)cs1. The summed E-state index contributed by atoms with van der Waals surface area (Å²) in [5, 5.41) is 7.94. The first-order chi connectivity index (χ1) is 12.5. The molecule has 1 saturated heterocycles. The molecule has 1 aromatic carbocycles. The summed E-state index contributed by atoms with van der Waals surface area (Å²) in [4.78, 5) is 21.8. The molecule has 6 nitrogen and oxygen atoms in total. The molecule has 4 rings (SSSR count). The van der Waals surface area contributed by atoms with E-state index < -0.39 is 0 Å². The van der Waals surface area contributed by atoms with Gasteiger partial charge in [0, 0.05) is 43.2 Å². The fourth-order valence-corrected chi connectivity index (χ4v) is 3.95. The minimum absolute atomic E-state index is 0.0666. The van der Waals surface area contributed by atoms with Crippen LogP contribution >= 0.6 is 11.3 Å². The lowest BCUT2D eigenvalue weighted by Crippen LogP contribution is -2.50. The van der Waals surface area contributed by atoms with Crippen molar-refractivity contribution in [3.05, 3.63) is 34.2 Å². The van der Waals surface area contributed by atoms with Crippen molar-refractivity contribution in [1.82, 2.24) is 19.9 Å². The maximum absolute atomic E-state index is 12.9. The number of hydrogen-bond acceptors (Lipinski definition) is 6. The number of rotatable bonds is 3. The molecule has 1 aliphatic rings. The molecule has 26 heavy (non-hydrogen) atoms. The Morgan fingerprint density at radius 3 is 2.65 bits per heavy atom. The molecule has 0 radical (unpaired) electrons. The third-order valence-corrected chi connectivity index (χ3v) is 5.68. The van der Waals surface area contributed by atoms with Crippen molar-refractivity contribution in [3.63, 3.8) is 0 Å². The monoisotopic (exact) mass is 370 g/mol. The standard InChI is InChI=1S/C19H22N4O2S/c1-12(2)22-6-8-23(9-7-22)19(24)14-4-5-17-15(10-14)18(21-25-17)16-11-26-13(3)20-16/h4-5,10-12H,6-9H2,1-3H3. The smallest absolute Gasteiger partial charge is 0.253 e. The van der Waals surface area contributed by atoms with Gasteiger partial charge >= 0.3 is 0 Å². The Hall–Kier alpha value is -2.25. The molecule has 0 spiro atoms. The summed E-state index contributed by atoms with van der Waals surface area (Å²) in [7, 11) is 0. The predicted molar refractivity (Wildman–Crippen MR) is 102 cm³/mol. The van der Waals surface area contributed by atoms with Crippen LogP contribution in [-0.4, -0.2) is 58.1 Å². The zero-order chi connectivity index (χ0) is 18.3. The summed E-state index contributed by atoms with van der Waals surface area (Å²) < 4.78 is 5.42. The van der Waals surface area contributed by atoms with Gasteiger partial charge in [-0.25, -0.2) is 4.98 Å². The van der Waals surface area contributed by atoms with Crippen LogP contribution < -0.4 is 0 Å². The van der Waals surface area contributed by atoms with Crippen LogP contribution in [0.1, 0.15) is 29.2 Å². The second-order valence-electron chi connectivity index (χ2n) is 6.92. The molecule has 136 valence electrons. The van der Waals surface area contributed by atoms with Crippen LogP contribution in [0.25, 0.3) is 22.4 Å². The number of benzene rings is 1. The van der Waals surface area contributed by atoms with Gasteiger partial charge in [-0.05, 0) is 39.0 Å². The van der Waals surface area contributed by atoms with Crippen LogP contribution in [0.15, 0.2) is 28.1 Å². The minimum atomic E-state index is 0.0666. The number of aryl methyl sites for hydroxylation is 1. The number of fused-ring (bicyclic) bond motifs is 1. The van der Waals surface area contributed by atoms with Crippen molar-refractivity contribution in [2.24, 2.45) is 0 Å². The van der Waals surface area contributed by atoms with Gasteiger partial charge < -0.3 is 9.42 Å². The van der Waals surface area contributed by atoms with Crippen molar-refractivity contribution in [1.29, 1.82) is 0 Å².